The maximum Gasteiger partial charge on any atom is 0.341 e. The Balaban J connectivity index is 0.00000141. The van der Waals surface area contributed by atoms with Crippen molar-refractivity contribution in [3.05, 3.63) is 50.8 Å². The molecular weight excluding hydrogens is 430 g/mol. The molecule has 0 aliphatic heterocycles. The van der Waals surface area contributed by atoms with E-state index in [9.17, 15) is 9.59 Å². The molecule has 1 heterocycles. The van der Waals surface area contributed by atoms with Crippen LogP contribution < -0.4 is 10.2 Å². The van der Waals surface area contributed by atoms with Crippen LogP contribution in [-0.2, 0) is 4.74 Å². The molecule has 2 aliphatic rings. The first-order valence-electron chi connectivity index (χ1n) is 11.3. The van der Waals surface area contributed by atoms with Gasteiger partial charge in [0.1, 0.15) is 11.3 Å². The number of aromatic nitrogens is 1. The van der Waals surface area contributed by atoms with Crippen molar-refractivity contribution in [2.24, 2.45) is 5.41 Å². The monoisotopic (exact) mass is 461 g/mol. The molecule has 0 amide bonds. The molecule has 1 atom stereocenters. The van der Waals surface area contributed by atoms with E-state index in [2.05, 4.69) is 4.98 Å². The van der Waals surface area contributed by atoms with E-state index >= 15 is 0 Å². The lowest BCUT2D eigenvalue weighted by Gasteiger charge is -2.19. The molecule has 6 nitrogen and oxygen atoms in total. The number of methoxy groups -OCH3 is 1. The van der Waals surface area contributed by atoms with E-state index in [0.717, 1.165) is 30.4 Å². The average molecular weight is 462 g/mol. The maximum absolute atomic E-state index is 12.3. The number of carboxylic acids is 1. The highest BCUT2D eigenvalue weighted by Crippen LogP contribution is 2.62. The normalized spacial score (nSPS) is 18.2. The van der Waals surface area contributed by atoms with E-state index in [1.165, 1.54) is 31.5 Å². The van der Waals surface area contributed by atoms with Crippen LogP contribution in [-0.4, -0.2) is 36.4 Å². The molecule has 2 aliphatic carbocycles. The number of rotatable bonds is 8. The van der Waals surface area contributed by atoms with Crippen molar-refractivity contribution >= 4 is 17.6 Å². The van der Waals surface area contributed by atoms with Crippen molar-refractivity contribution in [1.82, 2.24) is 4.98 Å². The number of pyridine rings is 1. The molecule has 4 rings (SSSR count). The van der Waals surface area contributed by atoms with Crippen LogP contribution in [0.2, 0.25) is 5.02 Å². The molecule has 2 aromatic rings. The lowest BCUT2D eigenvalue weighted by Crippen LogP contribution is -2.14. The Labute approximate surface area is 193 Å². The van der Waals surface area contributed by atoms with Gasteiger partial charge in [-0.15, -0.1) is 0 Å². The Morgan fingerprint density at radius 2 is 1.97 bits per heavy atom. The molecular formula is C25H32ClNO5. The van der Waals surface area contributed by atoms with Crippen molar-refractivity contribution in [3.63, 3.8) is 0 Å². The first kappa shape index (κ1) is 24.3. The number of aromatic carboxylic acids is 1. The minimum atomic E-state index is -1.24. The molecule has 0 unspecified atom stereocenters. The molecule has 1 spiro atoms. The van der Waals surface area contributed by atoms with E-state index < -0.39 is 11.4 Å². The zero-order valence-electron chi connectivity index (χ0n) is 19.0. The van der Waals surface area contributed by atoms with E-state index in [0.29, 0.717) is 41.0 Å². The molecule has 2 fully saturated rings. The van der Waals surface area contributed by atoms with Gasteiger partial charge in [0.15, 0.2) is 5.43 Å². The van der Waals surface area contributed by atoms with Crippen LogP contribution in [0.4, 0.5) is 0 Å². The van der Waals surface area contributed by atoms with Gasteiger partial charge in [0, 0.05) is 43.7 Å². The summed E-state index contributed by atoms with van der Waals surface area (Å²) in [5.74, 6) is -0.246. The van der Waals surface area contributed by atoms with Crippen molar-refractivity contribution in [3.8, 4) is 17.0 Å². The minimum absolute atomic E-state index is 0.276. The van der Waals surface area contributed by atoms with Crippen LogP contribution in [0, 0.1) is 5.41 Å². The fourth-order valence-electron chi connectivity index (χ4n) is 4.53. The second kappa shape index (κ2) is 10.5. The van der Waals surface area contributed by atoms with Gasteiger partial charge in [0.25, 0.3) is 0 Å². The lowest BCUT2D eigenvalue weighted by atomic mass is 9.89. The second-order valence-electron chi connectivity index (χ2n) is 8.43. The van der Waals surface area contributed by atoms with E-state index in [-0.39, 0.29) is 5.56 Å². The molecule has 174 valence electrons. The zero-order valence-corrected chi connectivity index (χ0v) is 19.8. The third kappa shape index (κ3) is 5.36. The van der Waals surface area contributed by atoms with Gasteiger partial charge in [-0.1, -0.05) is 25.4 Å². The number of hydrogen-bond donors (Lipinski definition) is 2. The maximum atomic E-state index is 12.3. The topological polar surface area (TPSA) is 88.6 Å². The highest BCUT2D eigenvalue weighted by Gasteiger charge is 2.48. The van der Waals surface area contributed by atoms with Crippen molar-refractivity contribution < 1.29 is 19.4 Å². The van der Waals surface area contributed by atoms with Gasteiger partial charge in [-0.3, -0.25) is 4.79 Å². The standard InChI is InChI=1S/C23H26ClNO5.C2H6/c1-29-7-2-8-30-21-10-15(14-3-4-23(12-14)5-6-23)16(9-18(21)24)19-11-20(26)17(13-25-19)22(27)28;1-2/h9-11,13-14H,2-8,12H2,1H3,(H,25,26)(H,27,28);1-2H3/t14-;/m0./s1. The third-order valence-corrected chi connectivity index (χ3v) is 6.68. The van der Waals surface area contributed by atoms with Crippen LogP contribution in [0.3, 0.4) is 0 Å². The Morgan fingerprint density at radius 1 is 1.22 bits per heavy atom. The quantitative estimate of drug-likeness (QED) is 0.479. The van der Waals surface area contributed by atoms with Crippen LogP contribution >= 0.6 is 11.6 Å². The number of aromatic amines is 1. The number of carbonyl (C=O) groups is 1. The zero-order chi connectivity index (χ0) is 23.3. The third-order valence-electron chi connectivity index (χ3n) is 6.39. The summed E-state index contributed by atoms with van der Waals surface area (Å²) < 4.78 is 11.0. The molecule has 2 N–H and O–H groups in total. The van der Waals surface area contributed by atoms with Gasteiger partial charge in [0.05, 0.1) is 11.6 Å². The molecule has 1 aromatic carbocycles. The molecule has 32 heavy (non-hydrogen) atoms. The highest BCUT2D eigenvalue weighted by atomic mass is 35.5. The summed E-state index contributed by atoms with van der Waals surface area (Å²) in [6, 6.07) is 5.17. The van der Waals surface area contributed by atoms with E-state index in [1.54, 1.807) is 7.11 Å². The number of carboxylic acid groups (broad SMARTS) is 1. The second-order valence-corrected chi connectivity index (χ2v) is 8.84. The largest absolute Gasteiger partial charge is 0.492 e. The predicted molar refractivity (Wildman–Crippen MR) is 126 cm³/mol. The van der Waals surface area contributed by atoms with Gasteiger partial charge in [-0.25, -0.2) is 4.79 Å². The molecule has 1 aromatic heterocycles. The smallest absolute Gasteiger partial charge is 0.341 e. The van der Waals surface area contributed by atoms with Crippen molar-refractivity contribution in [2.45, 2.75) is 58.3 Å². The minimum Gasteiger partial charge on any atom is -0.492 e. The first-order chi connectivity index (χ1) is 15.4. The van der Waals surface area contributed by atoms with Crippen LogP contribution in [0.15, 0.2) is 29.2 Å². The summed E-state index contributed by atoms with van der Waals surface area (Å²) in [5.41, 5.74) is 2.20. The molecule has 0 bridgehead atoms. The van der Waals surface area contributed by atoms with Crippen LogP contribution in [0.5, 0.6) is 5.75 Å². The summed E-state index contributed by atoms with van der Waals surface area (Å²) in [4.78, 5) is 26.5. The average Bonchev–Trinajstić information content (AvgIpc) is 3.41. The summed E-state index contributed by atoms with van der Waals surface area (Å²) in [6.07, 6.45) is 8.04. The Morgan fingerprint density at radius 3 is 2.56 bits per heavy atom. The summed E-state index contributed by atoms with van der Waals surface area (Å²) in [7, 11) is 1.66. The fraction of sp³-hybridized carbons (Fsp3) is 0.520. The molecule has 0 radical (unpaired) electrons. The fourth-order valence-corrected chi connectivity index (χ4v) is 4.75. The first-order valence-corrected chi connectivity index (χ1v) is 11.7. The number of ether oxygens (including phenoxy) is 2. The van der Waals surface area contributed by atoms with Crippen molar-refractivity contribution in [1.29, 1.82) is 0 Å². The van der Waals surface area contributed by atoms with Gasteiger partial charge < -0.3 is 19.6 Å². The van der Waals surface area contributed by atoms with Gasteiger partial charge in [-0.05, 0) is 61.1 Å². The number of halogens is 1. The molecule has 0 saturated heterocycles. The van der Waals surface area contributed by atoms with Gasteiger partial charge in [0.2, 0.25) is 0 Å². The Hall–Kier alpha value is -2.31. The SMILES string of the molecule is CC.COCCCOc1cc([C@H]2CCC3(CC3)C2)c(-c2cc(=O)c(C(=O)O)c[nH]2)cc1Cl. The van der Waals surface area contributed by atoms with E-state index in [1.807, 2.05) is 26.0 Å². The summed E-state index contributed by atoms with van der Waals surface area (Å²) >= 11 is 6.52. The summed E-state index contributed by atoms with van der Waals surface area (Å²) in [6.45, 7) is 5.12. The summed E-state index contributed by atoms with van der Waals surface area (Å²) in [5, 5.41) is 9.62. The Kier molecular flexibility index (Phi) is 8.01. The number of hydrogen-bond acceptors (Lipinski definition) is 4. The highest BCUT2D eigenvalue weighted by molar-refractivity contribution is 6.32. The van der Waals surface area contributed by atoms with Crippen LogP contribution in [0.25, 0.3) is 11.3 Å². The van der Waals surface area contributed by atoms with E-state index in [4.69, 9.17) is 26.2 Å². The predicted octanol–water partition coefficient (Wildman–Crippen LogP) is 5.88. The van der Waals surface area contributed by atoms with Crippen molar-refractivity contribution in [2.75, 3.05) is 20.3 Å². The van der Waals surface area contributed by atoms with Crippen LogP contribution in [0.1, 0.15) is 74.2 Å². The number of H-pyrrole nitrogens is 1. The molecule has 2 saturated carbocycles. The van der Waals surface area contributed by atoms with Gasteiger partial charge in [-0.2, -0.15) is 0 Å². The number of benzene rings is 1. The molecule has 7 heteroatoms. The Bertz CT molecular complexity index is 1010. The number of nitrogens with one attached hydrogen (secondary N) is 1. The van der Waals surface area contributed by atoms with Gasteiger partial charge >= 0.3 is 5.97 Å². The lowest BCUT2D eigenvalue weighted by molar-refractivity contribution is 0.0695.